The highest BCUT2D eigenvalue weighted by atomic mass is 32.2. The predicted molar refractivity (Wildman–Crippen MR) is 93.2 cm³/mol. The molecule has 1 atom stereocenters. The number of benzene rings is 2. The van der Waals surface area contributed by atoms with Crippen molar-refractivity contribution in [2.75, 3.05) is 11.6 Å². The summed E-state index contributed by atoms with van der Waals surface area (Å²) in [5.41, 5.74) is 0.898. The maximum Gasteiger partial charge on any atom is 0.319 e. The highest BCUT2D eigenvalue weighted by molar-refractivity contribution is 7.90. The largest absolute Gasteiger partial charge is 0.331 e. The van der Waals surface area contributed by atoms with Gasteiger partial charge >= 0.3 is 6.03 Å². The summed E-state index contributed by atoms with van der Waals surface area (Å²) in [4.78, 5) is 22.4. The minimum absolute atomic E-state index is 0.123. The van der Waals surface area contributed by atoms with Crippen LogP contribution in [-0.4, -0.2) is 25.6 Å². The molecule has 2 rings (SSSR count). The van der Waals surface area contributed by atoms with Gasteiger partial charge in [-0.1, -0.05) is 18.2 Å². The maximum absolute atomic E-state index is 12.0. The number of anilines is 1. The number of urea groups is 1. The van der Waals surface area contributed by atoms with E-state index in [0.717, 1.165) is 11.8 Å². The summed E-state index contributed by atoms with van der Waals surface area (Å²) < 4.78 is 22.9. The minimum Gasteiger partial charge on any atom is -0.331 e. The molecule has 0 fully saturated rings. The van der Waals surface area contributed by atoms with Crippen LogP contribution in [0.1, 0.15) is 18.5 Å². The molecule has 0 spiro atoms. The first-order chi connectivity index (χ1) is 11.7. The molecule has 0 radical (unpaired) electrons. The van der Waals surface area contributed by atoms with Gasteiger partial charge in [-0.3, -0.25) is 10.1 Å². The maximum atomic E-state index is 12.0. The molecule has 132 valence electrons. The molecule has 0 saturated carbocycles. The molecule has 2 aromatic rings. The lowest BCUT2D eigenvalue weighted by Crippen LogP contribution is -2.31. The van der Waals surface area contributed by atoms with Gasteiger partial charge in [-0.15, -0.1) is 0 Å². The fraction of sp³-hybridized carbons (Fsp3) is 0.188. The van der Waals surface area contributed by atoms with Gasteiger partial charge in [-0.2, -0.15) is 0 Å². The van der Waals surface area contributed by atoms with Crippen LogP contribution in [0.5, 0.6) is 0 Å². The van der Waals surface area contributed by atoms with E-state index in [4.69, 9.17) is 0 Å². The van der Waals surface area contributed by atoms with Crippen LogP contribution in [-0.2, 0) is 9.84 Å². The number of amides is 2. The molecular weight excluding hydrogens is 346 g/mol. The molecule has 9 heteroatoms. The van der Waals surface area contributed by atoms with Gasteiger partial charge in [0.25, 0.3) is 5.69 Å². The Morgan fingerprint density at radius 1 is 1.16 bits per heavy atom. The Hall–Kier alpha value is -2.94. The van der Waals surface area contributed by atoms with Gasteiger partial charge in [0, 0.05) is 24.1 Å². The van der Waals surface area contributed by atoms with Gasteiger partial charge in [-0.05, 0) is 30.7 Å². The van der Waals surface area contributed by atoms with E-state index in [0.29, 0.717) is 5.69 Å². The summed E-state index contributed by atoms with van der Waals surface area (Å²) in [5.74, 6) is 0. The average molecular weight is 363 g/mol. The van der Waals surface area contributed by atoms with Gasteiger partial charge in [-0.25, -0.2) is 13.2 Å². The van der Waals surface area contributed by atoms with Gasteiger partial charge in [0.05, 0.1) is 15.9 Å². The molecule has 2 amide bonds. The van der Waals surface area contributed by atoms with Crippen molar-refractivity contribution in [1.82, 2.24) is 5.32 Å². The highest BCUT2D eigenvalue weighted by Gasteiger charge is 2.13. The number of carbonyl (C=O) groups excluding carboxylic acids is 1. The molecule has 0 saturated heterocycles. The lowest BCUT2D eigenvalue weighted by atomic mass is 10.1. The Morgan fingerprint density at radius 3 is 2.36 bits per heavy atom. The number of carbonyl (C=O) groups is 1. The molecule has 0 aliphatic heterocycles. The normalized spacial score (nSPS) is 12.2. The molecule has 2 N–H and O–H groups in total. The molecule has 0 bridgehead atoms. The van der Waals surface area contributed by atoms with Crippen molar-refractivity contribution in [3.63, 3.8) is 0 Å². The number of nitrogens with one attached hydrogen (secondary N) is 2. The SMILES string of the molecule is CC(NC(=O)Nc1cccc([N+](=O)[O-])c1)c1ccc(S(C)(=O)=O)cc1. The highest BCUT2D eigenvalue weighted by Crippen LogP contribution is 2.18. The van der Waals surface area contributed by atoms with E-state index < -0.39 is 20.8 Å². The van der Waals surface area contributed by atoms with E-state index >= 15 is 0 Å². The summed E-state index contributed by atoms with van der Waals surface area (Å²) in [5, 5.41) is 15.9. The zero-order valence-electron chi connectivity index (χ0n) is 13.6. The Bertz CT molecular complexity index is 894. The first kappa shape index (κ1) is 18.4. The van der Waals surface area contributed by atoms with Crippen LogP contribution in [0.2, 0.25) is 0 Å². The quantitative estimate of drug-likeness (QED) is 0.625. The zero-order valence-corrected chi connectivity index (χ0v) is 14.4. The van der Waals surface area contributed by atoms with Crippen LogP contribution in [0.15, 0.2) is 53.4 Å². The van der Waals surface area contributed by atoms with Crippen molar-refractivity contribution in [3.8, 4) is 0 Å². The van der Waals surface area contributed by atoms with Gasteiger partial charge in [0.1, 0.15) is 0 Å². The Balaban J connectivity index is 2.02. The second kappa shape index (κ2) is 7.31. The third kappa shape index (κ3) is 5.01. The molecule has 1 unspecified atom stereocenters. The van der Waals surface area contributed by atoms with Crippen LogP contribution in [0.3, 0.4) is 0 Å². The first-order valence-electron chi connectivity index (χ1n) is 7.29. The summed E-state index contributed by atoms with van der Waals surface area (Å²) in [6.07, 6.45) is 1.12. The van der Waals surface area contributed by atoms with Crippen molar-refractivity contribution in [3.05, 3.63) is 64.2 Å². The molecule has 0 aliphatic carbocycles. The third-order valence-corrected chi connectivity index (χ3v) is 4.60. The molecule has 25 heavy (non-hydrogen) atoms. The molecule has 0 heterocycles. The van der Waals surface area contributed by atoms with Crippen molar-refractivity contribution in [1.29, 1.82) is 0 Å². The summed E-state index contributed by atoms with van der Waals surface area (Å²) in [6, 6.07) is 10.9. The molecule has 2 aromatic carbocycles. The standard InChI is InChI=1S/C16H17N3O5S/c1-11(12-6-8-15(9-7-12)25(2,23)24)17-16(20)18-13-4-3-5-14(10-13)19(21)22/h3-11H,1-2H3,(H2,17,18,20). The van der Waals surface area contributed by atoms with Crippen LogP contribution in [0.4, 0.5) is 16.2 Å². The second-order valence-electron chi connectivity index (χ2n) is 5.47. The van der Waals surface area contributed by atoms with Crippen molar-refractivity contribution in [2.24, 2.45) is 0 Å². The van der Waals surface area contributed by atoms with E-state index in [1.165, 1.54) is 36.4 Å². The Kier molecular flexibility index (Phi) is 5.38. The average Bonchev–Trinajstić information content (AvgIpc) is 2.54. The molecule has 0 aliphatic rings. The lowest BCUT2D eigenvalue weighted by Gasteiger charge is -2.15. The van der Waals surface area contributed by atoms with Gasteiger partial charge < -0.3 is 10.6 Å². The van der Waals surface area contributed by atoms with E-state index in [1.807, 2.05) is 0 Å². The fourth-order valence-corrected chi connectivity index (χ4v) is 2.78. The third-order valence-electron chi connectivity index (χ3n) is 3.47. The minimum atomic E-state index is -3.27. The van der Waals surface area contributed by atoms with E-state index in [9.17, 15) is 23.3 Å². The molecule has 8 nitrogen and oxygen atoms in total. The van der Waals surface area contributed by atoms with E-state index in [2.05, 4.69) is 10.6 Å². The number of hydrogen-bond donors (Lipinski definition) is 2. The summed E-state index contributed by atoms with van der Waals surface area (Å²) in [7, 11) is -3.27. The first-order valence-corrected chi connectivity index (χ1v) is 9.18. The number of nitro groups is 1. The molecule has 0 aromatic heterocycles. The smallest absolute Gasteiger partial charge is 0.319 e. The lowest BCUT2D eigenvalue weighted by molar-refractivity contribution is -0.384. The fourth-order valence-electron chi connectivity index (χ4n) is 2.15. The monoisotopic (exact) mass is 363 g/mol. The summed E-state index contributed by atoms with van der Waals surface area (Å²) in [6.45, 7) is 1.74. The summed E-state index contributed by atoms with van der Waals surface area (Å²) >= 11 is 0. The number of nitro benzene ring substituents is 1. The van der Waals surface area contributed by atoms with Gasteiger partial charge in [0.15, 0.2) is 9.84 Å². The zero-order chi connectivity index (χ0) is 18.6. The van der Waals surface area contributed by atoms with Crippen LogP contribution in [0.25, 0.3) is 0 Å². The van der Waals surface area contributed by atoms with E-state index in [-0.39, 0.29) is 16.6 Å². The van der Waals surface area contributed by atoms with Crippen molar-refractivity contribution >= 4 is 27.2 Å². The van der Waals surface area contributed by atoms with Crippen molar-refractivity contribution < 1.29 is 18.1 Å². The Labute approximate surface area is 144 Å². The van der Waals surface area contributed by atoms with E-state index in [1.54, 1.807) is 19.1 Å². The van der Waals surface area contributed by atoms with Crippen LogP contribution < -0.4 is 10.6 Å². The molecular formula is C16H17N3O5S. The van der Waals surface area contributed by atoms with Crippen molar-refractivity contribution in [2.45, 2.75) is 17.9 Å². The van der Waals surface area contributed by atoms with Crippen LogP contribution in [0, 0.1) is 10.1 Å². The number of hydrogen-bond acceptors (Lipinski definition) is 5. The number of rotatable bonds is 5. The number of sulfone groups is 1. The number of nitrogens with zero attached hydrogens (tertiary/aromatic N) is 1. The predicted octanol–water partition coefficient (Wildman–Crippen LogP) is 2.88. The second-order valence-corrected chi connectivity index (χ2v) is 7.48. The number of non-ortho nitro benzene ring substituents is 1. The topological polar surface area (TPSA) is 118 Å². The van der Waals surface area contributed by atoms with Crippen LogP contribution >= 0.6 is 0 Å². The Morgan fingerprint density at radius 2 is 1.80 bits per heavy atom. The van der Waals surface area contributed by atoms with Gasteiger partial charge in [0.2, 0.25) is 0 Å².